The Labute approximate surface area is 350 Å². The van der Waals surface area contributed by atoms with Crippen LogP contribution in [-0.2, 0) is 0 Å². The second kappa shape index (κ2) is 12.7. The zero-order valence-corrected chi connectivity index (χ0v) is 34.2. The van der Waals surface area contributed by atoms with Crippen molar-refractivity contribution in [3.8, 4) is 44.5 Å². The first-order valence-electron chi connectivity index (χ1n) is 19.5. The minimum absolute atomic E-state index is 1.24. The molecule has 0 amide bonds. The van der Waals surface area contributed by atoms with Crippen molar-refractivity contribution in [2.24, 2.45) is 0 Å². The maximum atomic E-state index is 2.41. The van der Waals surface area contributed by atoms with Gasteiger partial charge in [0.15, 0.2) is 0 Å². The minimum atomic E-state index is 1.24. The Morgan fingerprint density at radius 2 is 0.466 bits per heavy atom. The van der Waals surface area contributed by atoms with Gasteiger partial charge >= 0.3 is 0 Å². The lowest BCUT2D eigenvalue weighted by Gasteiger charge is -2.07. The summed E-state index contributed by atoms with van der Waals surface area (Å²) in [6.45, 7) is 0. The number of thiophene rings is 4. The van der Waals surface area contributed by atoms with E-state index in [1.54, 1.807) is 0 Å². The largest absolute Gasteiger partial charge is 0.134 e. The van der Waals surface area contributed by atoms with Gasteiger partial charge in [0.2, 0.25) is 0 Å². The van der Waals surface area contributed by atoms with Crippen molar-refractivity contribution in [3.05, 3.63) is 182 Å². The Morgan fingerprint density at radius 3 is 0.793 bits per heavy atom. The maximum Gasteiger partial charge on any atom is 0.0534 e. The molecule has 0 aliphatic heterocycles. The Morgan fingerprint density at radius 1 is 0.190 bits per heavy atom. The summed E-state index contributed by atoms with van der Waals surface area (Å²) in [7, 11) is 0. The summed E-state index contributed by atoms with van der Waals surface area (Å²) < 4.78 is 10.9. The fourth-order valence-corrected chi connectivity index (χ4v) is 14.0. The smallest absolute Gasteiger partial charge is 0.0534 e. The lowest BCUT2D eigenvalue weighted by atomic mass is 9.97. The van der Waals surface area contributed by atoms with Gasteiger partial charge in [0.1, 0.15) is 0 Å². The molecule has 13 rings (SSSR count). The summed E-state index contributed by atoms with van der Waals surface area (Å²) in [5, 5.41) is 10.8. The van der Waals surface area contributed by atoms with Gasteiger partial charge in [0, 0.05) is 61.9 Å². The number of hydrogen-bond donors (Lipinski definition) is 0. The average molecular weight is 807 g/mol. The molecule has 0 saturated heterocycles. The van der Waals surface area contributed by atoms with Crippen LogP contribution in [-0.4, -0.2) is 0 Å². The molecule has 4 heteroatoms. The highest BCUT2D eigenvalue weighted by atomic mass is 32.1. The van der Waals surface area contributed by atoms with Crippen LogP contribution in [0.15, 0.2) is 182 Å². The first-order valence-corrected chi connectivity index (χ1v) is 22.8. The van der Waals surface area contributed by atoms with Crippen LogP contribution in [0.25, 0.3) is 125 Å². The van der Waals surface area contributed by atoms with Crippen molar-refractivity contribution in [2.75, 3.05) is 0 Å². The molecule has 4 heterocycles. The lowest BCUT2D eigenvalue weighted by molar-refractivity contribution is 1.62. The fourth-order valence-electron chi connectivity index (χ4n) is 8.99. The van der Waals surface area contributed by atoms with E-state index in [9.17, 15) is 0 Å². The molecule has 0 aliphatic carbocycles. The summed E-state index contributed by atoms with van der Waals surface area (Å²) in [4.78, 5) is 0. The number of fused-ring (bicyclic) bond motifs is 14. The predicted molar refractivity (Wildman–Crippen MR) is 260 cm³/mol. The van der Waals surface area contributed by atoms with Gasteiger partial charge in [-0.1, -0.05) is 127 Å². The third kappa shape index (κ3) is 5.03. The highest BCUT2D eigenvalue weighted by Gasteiger charge is 2.17. The molecule has 270 valence electrons. The number of rotatable bonds is 4. The van der Waals surface area contributed by atoms with Crippen LogP contribution in [0.4, 0.5) is 0 Å². The van der Waals surface area contributed by atoms with E-state index in [4.69, 9.17) is 0 Å². The second-order valence-electron chi connectivity index (χ2n) is 15.2. The van der Waals surface area contributed by atoms with E-state index in [-0.39, 0.29) is 0 Å². The SMILES string of the molecule is c1ccc(-c2ccc3sc4c(ccc5c6cc(-c7cccc(-c8ccc9sc%10c(ccc%11c%12cc(-c%13ccccc%13)ccc%12sc%11%10)c9c8)c7)ccc6sc54)c3c2)cc1. The maximum absolute atomic E-state index is 2.41. The average Bonchev–Trinajstić information content (AvgIpc) is 4.06. The number of hydrogen-bond acceptors (Lipinski definition) is 4. The Hall–Kier alpha value is -6.14. The molecule has 0 atom stereocenters. The van der Waals surface area contributed by atoms with Crippen molar-refractivity contribution >= 4 is 126 Å². The highest BCUT2D eigenvalue weighted by Crippen LogP contribution is 2.48. The number of benzene rings is 9. The zero-order valence-electron chi connectivity index (χ0n) is 31.0. The van der Waals surface area contributed by atoms with Crippen LogP contribution < -0.4 is 0 Å². The molecule has 13 aromatic rings. The lowest BCUT2D eigenvalue weighted by Crippen LogP contribution is -1.82. The molecule has 0 spiro atoms. The molecule has 0 unspecified atom stereocenters. The molecular formula is C54H30S4. The van der Waals surface area contributed by atoms with Gasteiger partial charge in [-0.25, -0.2) is 0 Å². The van der Waals surface area contributed by atoms with E-state index in [0.717, 1.165) is 0 Å². The van der Waals surface area contributed by atoms with Crippen LogP contribution in [0.3, 0.4) is 0 Å². The fraction of sp³-hybridized carbons (Fsp3) is 0. The van der Waals surface area contributed by atoms with Gasteiger partial charge < -0.3 is 0 Å². The monoisotopic (exact) mass is 806 g/mol. The molecule has 58 heavy (non-hydrogen) atoms. The highest BCUT2D eigenvalue weighted by molar-refractivity contribution is 7.34. The molecule has 0 aliphatic rings. The summed E-state index contributed by atoms with van der Waals surface area (Å²) >= 11 is 7.70. The van der Waals surface area contributed by atoms with E-state index in [0.29, 0.717) is 0 Å². The van der Waals surface area contributed by atoms with Crippen molar-refractivity contribution in [3.63, 3.8) is 0 Å². The Bertz CT molecular complexity index is 3540. The third-order valence-corrected chi connectivity index (χ3v) is 17.0. The molecule has 4 aromatic heterocycles. The second-order valence-corrected chi connectivity index (χ2v) is 19.4. The van der Waals surface area contributed by atoms with E-state index >= 15 is 0 Å². The van der Waals surface area contributed by atoms with Crippen molar-refractivity contribution < 1.29 is 0 Å². The van der Waals surface area contributed by atoms with Crippen LogP contribution in [0.2, 0.25) is 0 Å². The standard InChI is InChI=1S/C54H30S4/c1-3-8-31(9-4-1)35-14-22-47-43(27-35)39-18-20-41-45-29-37(16-24-49(45)57-53(41)51(39)55-47)33-12-7-13-34(26-33)38-17-25-50-46(30-38)42-21-19-40-44-28-36(32-10-5-2-6-11-32)15-23-48(44)56-52(40)54(42)58-50/h1-30H. The topological polar surface area (TPSA) is 0 Å². The molecule has 0 radical (unpaired) electrons. The van der Waals surface area contributed by atoms with Crippen LogP contribution in [0.1, 0.15) is 0 Å². The van der Waals surface area contributed by atoms with Gasteiger partial charge in [-0.3, -0.25) is 0 Å². The van der Waals surface area contributed by atoms with Gasteiger partial charge in [0.05, 0.1) is 18.8 Å². The predicted octanol–water partition coefficient (Wildman–Crippen LogP) is 17.8. The van der Waals surface area contributed by atoms with Gasteiger partial charge in [-0.15, -0.1) is 45.3 Å². The summed E-state index contributed by atoms with van der Waals surface area (Å²) in [5.74, 6) is 0. The first-order chi connectivity index (χ1) is 28.7. The Kier molecular flexibility index (Phi) is 7.19. The van der Waals surface area contributed by atoms with E-state index < -0.39 is 0 Å². The molecule has 0 N–H and O–H groups in total. The van der Waals surface area contributed by atoms with Gasteiger partial charge in [-0.05, 0) is 99.1 Å². The normalized spacial score (nSPS) is 12.1. The van der Waals surface area contributed by atoms with E-state index in [1.807, 2.05) is 45.3 Å². The van der Waals surface area contributed by atoms with Crippen molar-refractivity contribution in [1.82, 2.24) is 0 Å². The van der Waals surface area contributed by atoms with Crippen molar-refractivity contribution in [2.45, 2.75) is 0 Å². The summed E-state index contributed by atoms with van der Waals surface area (Å²) in [6, 6.07) is 67.9. The molecule has 0 bridgehead atoms. The van der Waals surface area contributed by atoms with Crippen LogP contribution in [0, 0.1) is 0 Å². The third-order valence-electron chi connectivity index (χ3n) is 11.9. The van der Waals surface area contributed by atoms with Gasteiger partial charge in [-0.2, -0.15) is 0 Å². The van der Waals surface area contributed by atoms with Gasteiger partial charge in [0.25, 0.3) is 0 Å². The summed E-state index contributed by atoms with van der Waals surface area (Å²) in [5.41, 5.74) is 10.0. The van der Waals surface area contributed by atoms with E-state index in [1.165, 1.54) is 125 Å². The van der Waals surface area contributed by atoms with Crippen molar-refractivity contribution in [1.29, 1.82) is 0 Å². The quantitative estimate of drug-likeness (QED) is 0.166. The molecule has 9 aromatic carbocycles. The molecule has 0 nitrogen and oxygen atoms in total. The first kappa shape index (κ1) is 32.9. The molecule has 0 fully saturated rings. The molecular weight excluding hydrogens is 777 g/mol. The van der Waals surface area contributed by atoms with E-state index in [2.05, 4.69) is 182 Å². The minimum Gasteiger partial charge on any atom is -0.134 e. The Balaban J connectivity index is 0.875. The van der Waals surface area contributed by atoms with Crippen LogP contribution >= 0.6 is 45.3 Å². The van der Waals surface area contributed by atoms with Crippen LogP contribution in [0.5, 0.6) is 0 Å². The zero-order chi connectivity index (χ0) is 37.9. The summed E-state index contributed by atoms with van der Waals surface area (Å²) in [6.07, 6.45) is 0. The molecule has 0 saturated carbocycles.